The van der Waals surface area contributed by atoms with Crippen molar-refractivity contribution in [2.24, 2.45) is 0 Å². The van der Waals surface area contributed by atoms with Crippen molar-refractivity contribution in [1.82, 2.24) is 14.5 Å². The van der Waals surface area contributed by atoms with Gasteiger partial charge in [0.25, 0.3) is 0 Å². The number of esters is 2. The molecule has 0 radical (unpaired) electrons. The molecule has 9 heteroatoms. The van der Waals surface area contributed by atoms with Gasteiger partial charge in [0.15, 0.2) is 11.4 Å². The molecular weight excluding hydrogens is 474 g/mol. The lowest BCUT2D eigenvalue weighted by Gasteiger charge is -2.09. The van der Waals surface area contributed by atoms with Crippen LogP contribution in [0.15, 0.2) is 71.6 Å². The van der Waals surface area contributed by atoms with Gasteiger partial charge in [-0.2, -0.15) is 0 Å². The van der Waals surface area contributed by atoms with Crippen LogP contribution in [0.1, 0.15) is 50.1 Å². The zero-order chi connectivity index (χ0) is 26.0. The standard InChI is InChI=1S/C28H27N3O6/c1-34-27(32)25-26(28(33)35-2)31(19-29-25)16-6-9-21-10-13-23(14-11-21)36-17-22-18-37-24(30-22)15-12-20-7-4-3-5-8-20/h3-5,7-8,10-15,18-19H,6,9,16-17H2,1-2H3. The largest absolute Gasteiger partial charge is 0.487 e. The van der Waals surface area contributed by atoms with Gasteiger partial charge in [0.1, 0.15) is 24.3 Å². The number of aromatic nitrogens is 3. The van der Waals surface area contributed by atoms with E-state index in [9.17, 15) is 9.59 Å². The van der Waals surface area contributed by atoms with E-state index in [0.717, 1.165) is 29.7 Å². The monoisotopic (exact) mass is 501 g/mol. The number of benzene rings is 2. The fraction of sp³-hybridized carbons (Fsp3) is 0.214. The van der Waals surface area contributed by atoms with Crippen LogP contribution in [0.5, 0.6) is 5.75 Å². The summed E-state index contributed by atoms with van der Waals surface area (Å²) in [6.07, 6.45) is 8.27. The quantitative estimate of drug-likeness (QED) is 0.269. The van der Waals surface area contributed by atoms with Crippen molar-refractivity contribution in [1.29, 1.82) is 0 Å². The summed E-state index contributed by atoms with van der Waals surface area (Å²) in [4.78, 5) is 32.5. The van der Waals surface area contributed by atoms with Gasteiger partial charge in [0.05, 0.1) is 20.5 Å². The maximum absolute atomic E-state index is 12.1. The van der Waals surface area contributed by atoms with Crippen molar-refractivity contribution in [2.45, 2.75) is 26.0 Å². The van der Waals surface area contributed by atoms with Gasteiger partial charge in [-0.3, -0.25) is 0 Å². The molecule has 2 aromatic heterocycles. The number of nitrogens with zero attached hydrogens (tertiary/aromatic N) is 3. The fourth-order valence-corrected chi connectivity index (χ4v) is 3.67. The van der Waals surface area contributed by atoms with Crippen LogP contribution in [0.2, 0.25) is 0 Å². The van der Waals surface area contributed by atoms with Crippen LogP contribution in [0.3, 0.4) is 0 Å². The number of rotatable bonds is 11. The Morgan fingerprint density at radius 3 is 2.46 bits per heavy atom. The lowest BCUT2D eigenvalue weighted by molar-refractivity contribution is 0.0543. The van der Waals surface area contributed by atoms with Gasteiger partial charge in [-0.1, -0.05) is 42.5 Å². The molecule has 0 atom stereocenters. The number of imidazole rings is 1. The van der Waals surface area contributed by atoms with E-state index in [1.165, 1.54) is 20.5 Å². The van der Waals surface area contributed by atoms with E-state index in [-0.39, 0.29) is 11.4 Å². The molecule has 2 heterocycles. The molecule has 0 amide bonds. The lowest BCUT2D eigenvalue weighted by Crippen LogP contribution is -2.16. The highest BCUT2D eigenvalue weighted by atomic mass is 16.5. The topological polar surface area (TPSA) is 106 Å². The Morgan fingerprint density at radius 2 is 1.73 bits per heavy atom. The Morgan fingerprint density at radius 1 is 0.973 bits per heavy atom. The van der Waals surface area contributed by atoms with Crippen LogP contribution in [0, 0.1) is 0 Å². The average Bonchev–Trinajstić information content (AvgIpc) is 3.58. The fourth-order valence-electron chi connectivity index (χ4n) is 3.67. The number of hydrogen-bond donors (Lipinski definition) is 0. The number of aryl methyl sites for hydroxylation is 2. The van der Waals surface area contributed by atoms with Crippen LogP contribution < -0.4 is 4.74 Å². The molecule has 37 heavy (non-hydrogen) atoms. The molecule has 0 aliphatic heterocycles. The number of methoxy groups -OCH3 is 2. The van der Waals surface area contributed by atoms with Crippen molar-refractivity contribution in [2.75, 3.05) is 14.2 Å². The second-order valence-electron chi connectivity index (χ2n) is 8.08. The average molecular weight is 502 g/mol. The molecular formula is C28H27N3O6. The first-order valence-corrected chi connectivity index (χ1v) is 11.7. The van der Waals surface area contributed by atoms with E-state index >= 15 is 0 Å². The third kappa shape index (κ3) is 6.72. The van der Waals surface area contributed by atoms with Gasteiger partial charge in [-0.25, -0.2) is 19.6 Å². The highest BCUT2D eigenvalue weighted by molar-refractivity contribution is 6.00. The van der Waals surface area contributed by atoms with Crippen LogP contribution in [0.25, 0.3) is 12.2 Å². The number of oxazole rings is 1. The molecule has 0 saturated carbocycles. The van der Waals surface area contributed by atoms with Crippen molar-refractivity contribution in [3.8, 4) is 5.75 Å². The van der Waals surface area contributed by atoms with Crippen molar-refractivity contribution >= 4 is 24.1 Å². The van der Waals surface area contributed by atoms with Gasteiger partial charge in [-0.05, 0) is 42.2 Å². The highest BCUT2D eigenvalue weighted by Gasteiger charge is 2.24. The minimum atomic E-state index is -0.680. The summed E-state index contributed by atoms with van der Waals surface area (Å²) < 4.78 is 22.4. The molecule has 0 unspecified atom stereocenters. The first kappa shape index (κ1) is 25.4. The normalized spacial score (nSPS) is 11.0. The third-order valence-electron chi connectivity index (χ3n) is 5.56. The smallest absolute Gasteiger partial charge is 0.359 e. The molecule has 4 aromatic rings. The zero-order valence-corrected chi connectivity index (χ0v) is 20.6. The summed E-state index contributed by atoms with van der Waals surface area (Å²) in [7, 11) is 2.50. The van der Waals surface area contributed by atoms with Crippen molar-refractivity contribution < 1.29 is 28.2 Å². The number of carbonyl (C=O) groups is 2. The number of carbonyl (C=O) groups excluding carboxylic acids is 2. The summed E-state index contributed by atoms with van der Waals surface area (Å²) in [6.45, 7) is 0.779. The predicted octanol–water partition coefficient (Wildman–Crippen LogP) is 4.83. The molecule has 9 nitrogen and oxygen atoms in total. The third-order valence-corrected chi connectivity index (χ3v) is 5.56. The van der Waals surface area contributed by atoms with E-state index in [4.69, 9.17) is 18.6 Å². The predicted molar refractivity (Wildman–Crippen MR) is 136 cm³/mol. The summed E-state index contributed by atoms with van der Waals surface area (Å²) in [6, 6.07) is 17.7. The van der Waals surface area contributed by atoms with Crippen LogP contribution in [0.4, 0.5) is 0 Å². The van der Waals surface area contributed by atoms with Gasteiger partial charge in [0, 0.05) is 12.6 Å². The molecule has 0 saturated heterocycles. The minimum absolute atomic E-state index is 0.0534. The summed E-state index contributed by atoms with van der Waals surface area (Å²) in [5, 5.41) is 0. The van der Waals surface area contributed by atoms with Gasteiger partial charge in [-0.15, -0.1) is 0 Å². The summed E-state index contributed by atoms with van der Waals surface area (Å²) in [5.74, 6) is -0.0747. The van der Waals surface area contributed by atoms with E-state index in [2.05, 4.69) is 9.97 Å². The number of ether oxygens (including phenoxy) is 3. The minimum Gasteiger partial charge on any atom is -0.487 e. The molecule has 0 aliphatic carbocycles. The second kappa shape index (κ2) is 12.3. The first-order chi connectivity index (χ1) is 18.1. The molecule has 0 fully saturated rings. The molecule has 0 N–H and O–H groups in total. The maximum Gasteiger partial charge on any atom is 0.359 e. The van der Waals surface area contributed by atoms with Crippen molar-refractivity contribution in [3.63, 3.8) is 0 Å². The molecule has 2 aromatic carbocycles. The van der Waals surface area contributed by atoms with E-state index in [0.29, 0.717) is 24.7 Å². The van der Waals surface area contributed by atoms with E-state index < -0.39 is 11.9 Å². The molecule has 0 spiro atoms. The Labute approximate surface area is 214 Å². The highest BCUT2D eigenvalue weighted by Crippen LogP contribution is 2.17. The summed E-state index contributed by atoms with van der Waals surface area (Å²) in [5.41, 5.74) is 2.91. The van der Waals surface area contributed by atoms with Crippen LogP contribution >= 0.6 is 0 Å². The van der Waals surface area contributed by atoms with Gasteiger partial charge >= 0.3 is 11.9 Å². The van der Waals surface area contributed by atoms with Crippen molar-refractivity contribution in [3.05, 3.63) is 101 Å². The van der Waals surface area contributed by atoms with E-state index in [1.54, 1.807) is 10.8 Å². The summed E-state index contributed by atoms with van der Waals surface area (Å²) >= 11 is 0. The van der Waals surface area contributed by atoms with Gasteiger partial charge < -0.3 is 23.2 Å². The molecule has 4 rings (SSSR count). The zero-order valence-electron chi connectivity index (χ0n) is 20.6. The Kier molecular flexibility index (Phi) is 8.49. The SMILES string of the molecule is COC(=O)c1ncn(CCCc2ccc(OCc3coc(C=Cc4ccccc4)n3)cc2)c1C(=O)OC. The Bertz CT molecular complexity index is 1360. The first-order valence-electron chi connectivity index (χ1n) is 11.7. The van der Waals surface area contributed by atoms with Gasteiger partial charge in [0.2, 0.25) is 5.89 Å². The van der Waals surface area contributed by atoms with Crippen LogP contribution in [-0.2, 0) is 29.0 Å². The Hall–Kier alpha value is -4.66. The lowest BCUT2D eigenvalue weighted by atomic mass is 10.1. The maximum atomic E-state index is 12.1. The second-order valence-corrected chi connectivity index (χ2v) is 8.08. The Balaban J connectivity index is 1.27. The van der Waals surface area contributed by atoms with E-state index in [1.807, 2.05) is 66.7 Å². The molecule has 0 bridgehead atoms. The molecule has 190 valence electrons. The number of hydrogen-bond acceptors (Lipinski definition) is 8. The molecule has 0 aliphatic rings. The van der Waals surface area contributed by atoms with Crippen LogP contribution in [-0.4, -0.2) is 40.7 Å².